The number of aromatic amines is 1. The molecule has 0 aliphatic heterocycles. The van der Waals surface area contributed by atoms with Crippen molar-refractivity contribution in [1.29, 1.82) is 0 Å². The number of methoxy groups -OCH3 is 1. The van der Waals surface area contributed by atoms with Gasteiger partial charge in [-0.3, -0.25) is 9.89 Å². The fourth-order valence-corrected chi connectivity index (χ4v) is 3.49. The molecule has 1 aromatic heterocycles. The van der Waals surface area contributed by atoms with E-state index in [0.717, 1.165) is 46.8 Å². The summed E-state index contributed by atoms with van der Waals surface area (Å²) in [5, 5.41) is 10.8. The molecule has 0 bridgehead atoms. The number of carbonyl (C=O) groups excluding carboxylic acids is 1. The monoisotopic (exact) mass is 391 g/mol. The Morgan fingerprint density at radius 3 is 2.38 bits per heavy atom. The first kappa shape index (κ1) is 20.6. The highest BCUT2D eigenvalue weighted by molar-refractivity contribution is 5.99. The molecule has 3 rings (SSSR count). The molecule has 0 unspecified atom stereocenters. The number of aromatic nitrogens is 2. The second-order valence-corrected chi connectivity index (χ2v) is 7.61. The van der Waals surface area contributed by atoms with Crippen molar-refractivity contribution >= 4 is 11.6 Å². The fraction of sp³-hybridized carbons (Fsp3) is 0.333. The first-order chi connectivity index (χ1) is 14.0. The van der Waals surface area contributed by atoms with Gasteiger partial charge in [-0.05, 0) is 48.6 Å². The number of nitrogens with zero attached hydrogens (tertiary/aromatic N) is 1. The zero-order chi connectivity index (χ0) is 20.8. The highest BCUT2D eigenvalue weighted by atomic mass is 16.5. The molecule has 5 nitrogen and oxygen atoms in total. The van der Waals surface area contributed by atoms with Crippen LogP contribution in [0.4, 0.5) is 5.69 Å². The van der Waals surface area contributed by atoms with Gasteiger partial charge in [-0.1, -0.05) is 51.1 Å². The molecule has 0 aliphatic carbocycles. The number of ether oxygens (including phenoxy) is 1. The molecule has 1 atom stereocenters. The highest BCUT2D eigenvalue weighted by Gasteiger charge is 2.23. The summed E-state index contributed by atoms with van der Waals surface area (Å²) in [6.45, 7) is 6.34. The van der Waals surface area contributed by atoms with E-state index in [1.54, 1.807) is 7.11 Å². The number of anilines is 1. The minimum Gasteiger partial charge on any atom is -0.497 e. The maximum atomic E-state index is 13.2. The number of carbonyl (C=O) groups is 1. The van der Waals surface area contributed by atoms with Gasteiger partial charge in [-0.25, -0.2) is 0 Å². The summed E-state index contributed by atoms with van der Waals surface area (Å²) in [4.78, 5) is 13.2. The summed E-state index contributed by atoms with van der Waals surface area (Å²) in [5.74, 6) is 1.000. The molecule has 29 heavy (non-hydrogen) atoms. The van der Waals surface area contributed by atoms with E-state index < -0.39 is 0 Å². The van der Waals surface area contributed by atoms with Crippen LogP contribution < -0.4 is 10.1 Å². The lowest BCUT2D eigenvalue weighted by Crippen LogP contribution is -2.21. The number of H-pyrrole nitrogens is 1. The number of nitrogens with one attached hydrogen (secondary N) is 2. The molecule has 0 saturated heterocycles. The number of hydrogen-bond donors (Lipinski definition) is 2. The van der Waals surface area contributed by atoms with Gasteiger partial charge in [0.2, 0.25) is 5.91 Å². The van der Waals surface area contributed by atoms with Crippen LogP contribution in [0.15, 0.2) is 54.6 Å². The Balaban J connectivity index is 1.95. The predicted octanol–water partition coefficient (Wildman–Crippen LogP) is 5.42. The summed E-state index contributed by atoms with van der Waals surface area (Å²) in [7, 11) is 1.64. The average Bonchev–Trinajstić information content (AvgIpc) is 3.11. The first-order valence-corrected chi connectivity index (χ1v) is 10.1. The molecule has 2 N–H and O–H groups in total. The lowest BCUT2D eigenvalue weighted by atomic mass is 9.95. The molecule has 0 saturated carbocycles. The minimum atomic E-state index is -0.207. The van der Waals surface area contributed by atoms with E-state index in [2.05, 4.69) is 29.4 Å². The highest BCUT2D eigenvalue weighted by Crippen LogP contribution is 2.32. The number of amides is 1. The number of rotatable bonds is 8. The van der Waals surface area contributed by atoms with E-state index >= 15 is 0 Å². The van der Waals surface area contributed by atoms with Crippen molar-refractivity contribution in [1.82, 2.24) is 10.2 Å². The van der Waals surface area contributed by atoms with Crippen molar-refractivity contribution in [3.05, 3.63) is 65.9 Å². The van der Waals surface area contributed by atoms with Gasteiger partial charge in [0, 0.05) is 5.56 Å². The van der Waals surface area contributed by atoms with Crippen LogP contribution in [0.25, 0.3) is 11.3 Å². The predicted molar refractivity (Wildman–Crippen MR) is 117 cm³/mol. The molecule has 3 aromatic rings. The zero-order valence-electron chi connectivity index (χ0n) is 17.5. The molecule has 5 heteroatoms. The second kappa shape index (κ2) is 9.41. The Labute approximate surface area is 172 Å². The van der Waals surface area contributed by atoms with Crippen LogP contribution in [-0.4, -0.2) is 23.2 Å². The van der Waals surface area contributed by atoms with Gasteiger partial charge in [-0.2, -0.15) is 5.10 Å². The Morgan fingerprint density at radius 1 is 1.10 bits per heavy atom. The summed E-state index contributed by atoms with van der Waals surface area (Å²) in [6, 6.07) is 17.6. The molecule has 152 valence electrons. The van der Waals surface area contributed by atoms with Gasteiger partial charge in [0.05, 0.1) is 24.4 Å². The lowest BCUT2D eigenvalue weighted by molar-refractivity contribution is -0.117. The smallest absolute Gasteiger partial charge is 0.232 e. The van der Waals surface area contributed by atoms with Gasteiger partial charge in [-0.15, -0.1) is 0 Å². The van der Waals surface area contributed by atoms with Gasteiger partial charge in [0.15, 0.2) is 0 Å². The van der Waals surface area contributed by atoms with Crippen LogP contribution in [0.5, 0.6) is 5.75 Å². The molecule has 0 spiro atoms. The van der Waals surface area contributed by atoms with Crippen molar-refractivity contribution in [2.24, 2.45) is 5.92 Å². The van der Waals surface area contributed by atoms with Crippen molar-refractivity contribution < 1.29 is 9.53 Å². The van der Waals surface area contributed by atoms with Gasteiger partial charge >= 0.3 is 0 Å². The first-order valence-electron chi connectivity index (χ1n) is 10.1. The molecule has 0 aliphatic rings. The van der Waals surface area contributed by atoms with E-state index in [1.807, 2.05) is 61.5 Å². The van der Waals surface area contributed by atoms with Crippen LogP contribution in [0.3, 0.4) is 0 Å². The third-order valence-electron chi connectivity index (χ3n) is 4.99. The zero-order valence-corrected chi connectivity index (χ0v) is 17.5. The van der Waals surface area contributed by atoms with Crippen LogP contribution in [0.1, 0.15) is 44.4 Å². The normalized spacial score (nSPS) is 12.0. The van der Waals surface area contributed by atoms with Crippen molar-refractivity contribution in [2.75, 3.05) is 12.4 Å². The van der Waals surface area contributed by atoms with Crippen LogP contribution in [0.2, 0.25) is 0 Å². The Kier molecular flexibility index (Phi) is 6.70. The van der Waals surface area contributed by atoms with E-state index in [4.69, 9.17) is 4.74 Å². The molecule has 0 radical (unpaired) electrons. The van der Waals surface area contributed by atoms with Crippen LogP contribution in [0, 0.1) is 5.92 Å². The Morgan fingerprint density at radius 2 is 1.79 bits per heavy atom. The van der Waals surface area contributed by atoms with Gasteiger partial charge in [0.25, 0.3) is 0 Å². The summed E-state index contributed by atoms with van der Waals surface area (Å²) < 4.78 is 5.25. The third-order valence-corrected chi connectivity index (χ3v) is 4.99. The summed E-state index contributed by atoms with van der Waals surface area (Å²) >= 11 is 0. The van der Waals surface area contributed by atoms with E-state index in [0.29, 0.717) is 5.92 Å². The molecule has 0 fully saturated rings. The minimum absolute atomic E-state index is 0.0140. The van der Waals surface area contributed by atoms with Crippen LogP contribution in [-0.2, 0) is 11.2 Å². The van der Waals surface area contributed by atoms with Crippen LogP contribution >= 0.6 is 0 Å². The maximum Gasteiger partial charge on any atom is 0.232 e. The largest absolute Gasteiger partial charge is 0.497 e. The summed E-state index contributed by atoms with van der Waals surface area (Å²) in [6.07, 6.45) is 1.53. The fourth-order valence-electron chi connectivity index (χ4n) is 3.49. The average molecular weight is 392 g/mol. The Hall–Kier alpha value is -3.08. The van der Waals surface area contributed by atoms with E-state index in [9.17, 15) is 4.79 Å². The molecular weight excluding hydrogens is 362 g/mol. The maximum absolute atomic E-state index is 13.2. The van der Waals surface area contributed by atoms with Crippen molar-refractivity contribution in [3.63, 3.8) is 0 Å². The van der Waals surface area contributed by atoms with Crippen molar-refractivity contribution in [2.45, 2.75) is 39.5 Å². The topological polar surface area (TPSA) is 67.0 Å². The Bertz CT molecular complexity index is 931. The second-order valence-electron chi connectivity index (χ2n) is 7.61. The SMILES string of the molecule is CC[C@H](C(=O)Nc1c(-c2ccc(OC)cc2)n[nH]c1CC(C)C)c1ccccc1. The third kappa shape index (κ3) is 4.86. The lowest BCUT2D eigenvalue weighted by Gasteiger charge is -2.17. The van der Waals surface area contributed by atoms with Gasteiger partial charge in [0.1, 0.15) is 11.4 Å². The number of benzene rings is 2. The summed E-state index contributed by atoms with van der Waals surface area (Å²) in [5.41, 5.74) is 4.41. The van der Waals surface area contributed by atoms with Gasteiger partial charge < -0.3 is 10.1 Å². The molecule has 2 aromatic carbocycles. The number of hydrogen-bond acceptors (Lipinski definition) is 3. The molecular formula is C24H29N3O2. The molecule has 1 amide bonds. The standard InChI is InChI=1S/C24H29N3O2/c1-5-20(17-9-7-6-8-10-17)24(28)25-23-21(15-16(2)3)26-27-22(23)18-11-13-19(29-4)14-12-18/h6-14,16,20H,5,15H2,1-4H3,(H,25,28)(H,26,27)/t20-/m0/s1. The van der Waals surface area contributed by atoms with E-state index in [1.165, 1.54) is 0 Å². The quantitative estimate of drug-likeness (QED) is 0.539. The van der Waals surface area contributed by atoms with E-state index in [-0.39, 0.29) is 11.8 Å². The van der Waals surface area contributed by atoms with Crippen molar-refractivity contribution in [3.8, 4) is 17.0 Å². The molecule has 1 heterocycles.